The molecule has 0 saturated carbocycles. The van der Waals surface area contributed by atoms with Gasteiger partial charge in [0.1, 0.15) is 6.33 Å². The van der Waals surface area contributed by atoms with Crippen LogP contribution in [0.15, 0.2) is 25.6 Å². The third kappa shape index (κ3) is 1.71. The number of amides is 1. The second kappa shape index (κ2) is 3.86. The summed E-state index contributed by atoms with van der Waals surface area (Å²) in [5.74, 6) is -0.603. The Morgan fingerprint density at radius 3 is 2.82 bits per heavy atom. The molecule has 0 radical (unpaired) electrons. The van der Waals surface area contributed by atoms with Crippen LogP contribution in [0.1, 0.15) is 28.8 Å². The molecule has 1 amide bonds. The van der Waals surface area contributed by atoms with Gasteiger partial charge in [0.15, 0.2) is 11.3 Å². The van der Waals surface area contributed by atoms with Crippen LogP contribution in [0.3, 0.4) is 0 Å². The number of allylic oxidation sites excluding steroid dienone is 1. The second-order valence-corrected chi connectivity index (χ2v) is 3.70. The predicted octanol–water partition coefficient (Wildman–Crippen LogP) is 1.50. The molecule has 0 saturated heterocycles. The number of rotatable bonds is 3. The lowest BCUT2D eigenvalue weighted by Crippen LogP contribution is -2.12. The molecule has 0 aliphatic carbocycles. The van der Waals surface area contributed by atoms with Crippen molar-refractivity contribution in [2.24, 2.45) is 5.73 Å². The summed E-state index contributed by atoms with van der Waals surface area (Å²) in [6, 6.07) is 1.83. The van der Waals surface area contributed by atoms with Crippen LogP contribution in [-0.4, -0.2) is 20.3 Å². The Kier molecular flexibility index (Phi) is 2.51. The first-order chi connectivity index (χ1) is 8.04. The van der Waals surface area contributed by atoms with Crippen LogP contribution in [0, 0.1) is 0 Å². The van der Waals surface area contributed by atoms with Gasteiger partial charge in [0.2, 0.25) is 0 Å². The lowest BCUT2D eigenvalue weighted by Gasteiger charge is -2.06. The summed E-state index contributed by atoms with van der Waals surface area (Å²) in [5.41, 5.74) is 8.13. The number of nitrogens with two attached hydrogens (primary N) is 1. The number of hydrogen-bond acceptors (Lipinski definition) is 3. The van der Waals surface area contributed by atoms with E-state index in [0.717, 1.165) is 11.3 Å². The molecule has 0 aromatic carbocycles. The van der Waals surface area contributed by atoms with Crippen LogP contribution in [0.5, 0.6) is 0 Å². The molecule has 2 rings (SSSR count). The van der Waals surface area contributed by atoms with Crippen molar-refractivity contribution in [2.75, 3.05) is 0 Å². The van der Waals surface area contributed by atoms with Gasteiger partial charge in [-0.25, -0.2) is 9.97 Å². The van der Waals surface area contributed by atoms with Crippen molar-refractivity contribution in [1.29, 1.82) is 0 Å². The number of carbonyl (C=O) groups is 1. The molecule has 86 valence electrons. The quantitative estimate of drug-likeness (QED) is 0.865. The number of nitrogens with zero attached hydrogens (tertiary/aromatic N) is 3. The summed E-state index contributed by atoms with van der Waals surface area (Å²) in [6.45, 7) is 9.40. The maximum Gasteiger partial charge on any atom is 0.271 e. The van der Waals surface area contributed by atoms with Gasteiger partial charge >= 0.3 is 0 Å². The molecule has 0 aliphatic heterocycles. The number of carbonyl (C=O) groups excluding carboxylic acids is 1. The van der Waals surface area contributed by atoms with Gasteiger partial charge in [-0.05, 0) is 24.6 Å². The average molecular weight is 228 g/mol. The highest BCUT2D eigenvalue weighted by Gasteiger charge is 2.14. The summed E-state index contributed by atoms with van der Waals surface area (Å²) in [5, 5.41) is 0. The summed E-state index contributed by atoms with van der Waals surface area (Å²) in [6.07, 6.45) is 3.11. The molecule has 0 unspecified atom stereocenters. The Morgan fingerprint density at radius 2 is 2.29 bits per heavy atom. The lowest BCUT2D eigenvalue weighted by atomic mass is 10.2. The zero-order valence-corrected chi connectivity index (χ0v) is 9.47. The van der Waals surface area contributed by atoms with Crippen LogP contribution in [0.4, 0.5) is 0 Å². The SMILES string of the molecule is C=Cc1cc(C(=C)C)n2cnc(C(N)=O)c2n1. The highest BCUT2D eigenvalue weighted by molar-refractivity contribution is 5.97. The second-order valence-electron chi connectivity index (χ2n) is 3.70. The highest BCUT2D eigenvalue weighted by Crippen LogP contribution is 2.17. The van der Waals surface area contributed by atoms with E-state index in [1.54, 1.807) is 10.5 Å². The molecule has 17 heavy (non-hydrogen) atoms. The van der Waals surface area contributed by atoms with Crippen LogP contribution < -0.4 is 5.73 Å². The maximum atomic E-state index is 11.2. The molecule has 5 nitrogen and oxygen atoms in total. The fourth-order valence-corrected chi connectivity index (χ4v) is 1.60. The van der Waals surface area contributed by atoms with Crippen LogP contribution >= 0.6 is 0 Å². The molecule has 2 N–H and O–H groups in total. The molecule has 2 heterocycles. The fraction of sp³-hybridized carbons (Fsp3) is 0.0833. The Hall–Kier alpha value is -2.43. The minimum absolute atomic E-state index is 0.149. The van der Waals surface area contributed by atoms with Crippen LogP contribution in [-0.2, 0) is 0 Å². The number of primary amides is 1. The Morgan fingerprint density at radius 1 is 1.59 bits per heavy atom. The first kappa shape index (κ1) is 11.1. The Balaban J connectivity index is 2.87. The first-order valence-corrected chi connectivity index (χ1v) is 5.01. The topological polar surface area (TPSA) is 73.3 Å². The molecule has 0 aliphatic rings. The standard InChI is InChI=1S/C12H12N4O/c1-4-8-5-9(7(2)3)16-6-14-10(11(13)17)12(16)15-8/h4-6H,1-2H2,3H3,(H2,13,17). The third-order valence-corrected chi connectivity index (χ3v) is 2.40. The molecule has 2 aromatic rings. The van der Waals surface area contributed by atoms with E-state index in [9.17, 15) is 4.79 Å². The minimum Gasteiger partial charge on any atom is -0.364 e. The Bertz CT molecular complexity index is 639. The van der Waals surface area contributed by atoms with Crippen LogP contribution in [0.2, 0.25) is 0 Å². The van der Waals surface area contributed by atoms with Crippen molar-refractivity contribution in [3.63, 3.8) is 0 Å². The monoisotopic (exact) mass is 228 g/mol. The summed E-state index contributed by atoms with van der Waals surface area (Å²) in [7, 11) is 0. The smallest absolute Gasteiger partial charge is 0.271 e. The van der Waals surface area contributed by atoms with Crippen molar-refractivity contribution in [3.05, 3.63) is 42.6 Å². The van der Waals surface area contributed by atoms with Crippen molar-refractivity contribution in [1.82, 2.24) is 14.4 Å². The number of aromatic nitrogens is 3. The largest absolute Gasteiger partial charge is 0.364 e. The molecule has 5 heteroatoms. The maximum absolute atomic E-state index is 11.2. The summed E-state index contributed by atoms with van der Waals surface area (Å²) in [4.78, 5) is 19.4. The van der Waals surface area contributed by atoms with Crippen molar-refractivity contribution >= 4 is 23.2 Å². The van der Waals surface area contributed by atoms with Gasteiger partial charge in [-0.3, -0.25) is 9.20 Å². The van der Waals surface area contributed by atoms with E-state index in [1.165, 1.54) is 6.33 Å². The van der Waals surface area contributed by atoms with Gasteiger partial charge in [0, 0.05) is 0 Å². The third-order valence-electron chi connectivity index (χ3n) is 2.40. The number of fused-ring (bicyclic) bond motifs is 1. The van der Waals surface area contributed by atoms with Crippen molar-refractivity contribution in [2.45, 2.75) is 6.92 Å². The fourth-order valence-electron chi connectivity index (χ4n) is 1.60. The van der Waals surface area contributed by atoms with E-state index < -0.39 is 5.91 Å². The van der Waals surface area contributed by atoms with Gasteiger partial charge in [-0.1, -0.05) is 13.2 Å². The normalized spacial score (nSPS) is 10.4. The van der Waals surface area contributed by atoms with Gasteiger partial charge in [0.05, 0.1) is 11.4 Å². The van der Waals surface area contributed by atoms with E-state index in [1.807, 2.05) is 13.0 Å². The summed E-state index contributed by atoms with van der Waals surface area (Å²) >= 11 is 0. The zero-order valence-electron chi connectivity index (χ0n) is 9.47. The van der Waals surface area contributed by atoms with E-state index >= 15 is 0 Å². The molecular formula is C12H12N4O. The van der Waals surface area contributed by atoms with E-state index in [4.69, 9.17) is 5.73 Å². The number of imidazole rings is 1. The summed E-state index contributed by atoms with van der Waals surface area (Å²) < 4.78 is 1.69. The first-order valence-electron chi connectivity index (χ1n) is 5.01. The molecule has 0 spiro atoms. The highest BCUT2D eigenvalue weighted by atomic mass is 16.1. The van der Waals surface area contributed by atoms with E-state index in [2.05, 4.69) is 23.1 Å². The molecule has 2 aromatic heterocycles. The average Bonchev–Trinajstić information content (AvgIpc) is 2.70. The molecular weight excluding hydrogens is 216 g/mol. The predicted molar refractivity (Wildman–Crippen MR) is 66.3 cm³/mol. The van der Waals surface area contributed by atoms with Crippen LogP contribution in [0.25, 0.3) is 17.3 Å². The minimum atomic E-state index is -0.603. The molecule has 0 fully saturated rings. The van der Waals surface area contributed by atoms with E-state index in [-0.39, 0.29) is 5.69 Å². The lowest BCUT2D eigenvalue weighted by molar-refractivity contribution is 0.0997. The van der Waals surface area contributed by atoms with Gasteiger partial charge in [-0.2, -0.15) is 0 Å². The van der Waals surface area contributed by atoms with Crippen molar-refractivity contribution in [3.8, 4) is 0 Å². The number of hydrogen-bond donors (Lipinski definition) is 1. The van der Waals surface area contributed by atoms with Crippen molar-refractivity contribution < 1.29 is 4.79 Å². The molecule has 0 atom stereocenters. The zero-order chi connectivity index (χ0) is 12.6. The van der Waals surface area contributed by atoms with E-state index in [0.29, 0.717) is 11.3 Å². The van der Waals surface area contributed by atoms with Gasteiger partial charge in [0.25, 0.3) is 5.91 Å². The Labute approximate surface area is 98.3 Å². The molecule has 0 bridgehead atoms. The van der Waals surface area contributed by atoms with Gasteiger partial charge in [-0.15, -0.1) is 0 Å². The van der Waals surface area contributed by atoms with Gasteiger partial charge < -0.3 is 5.73 Å².